The summed E-state index contributed by atoms with van der Waals surface area (Å²) < 4.78 is 37.5. The molecule has 0 amide bonds. The van der Waals surface area contributed by atoms with Crippen molar-refractivity contribution in [3.63, 3.8) is 0 Å². The van der Waals surface area contributed by atoms with Crippen LogP contribution in [0.3, 0.4) is 0 Å². The van der Waals surface area contributed by atoms with Gasteiger partial charge in [-0.2, -0.15) is 0 Å². The van der Waals surface area contributed by atoms with E-state index in [1.165, 1.54) is 0 Å². The normalized spacial score (nSPS) is 11.2. The van der Waals surface area contributed by atoms with Gasteiger partial charge in [0.05, 0.1) is 32.6 Å². The fourth-order valence-electron chi connectivity index (χ4n) is 1.86. The number of rotatable bonds is 9. The topological polar surface area (TPSA) is 99.9 Å². The molecule has 0 saturated carbocycles. The number of ether oxygens (including phenoxy) is 3. The molecule has 3 N–H and O–H groups in total. The van der Waals surface area contributed by atoms with Crippen LogP contribution in [0.2, 0.25) is 0 Å². The van der Waals surface area contributed by atoms with Crippen molar-refractivity contribution in [1.82, 2.24) is 5.32 Å². The molecule has 0 unspecified atom stereocenters. The molecule has 0 fully saturated rings. The highest BCUT2D eigenvalue weighted by molar-refractivity contribution is 7.89. The largest absolute Gasteiger partial charge is 0.496 e. The Morgan fingerprint density at radius 2 is 1.67 bits per heavy atom. The van der Waals surface area contributed by atoms with Crippen LogP contribution in [0.15, 0.2) is 12.1 Å². The fraction of sp³-hybridized carbons (Fsp3) is 0.538. The third-order valence-corrected chi connectivity index (χ3v) is 3.76. The van der Waals surface area contributed by atoms with Crippen LogP contribution in [-0.2, 0) is 16.6 Å². The van der Waals surface area contributed by atoms with Crippen LogP contribution in [0.1, 0.15) is 12.0 Å². The Balaban J connectivity index is 2.69. The predicted molar refractivity (Wildman–Crippen MR) is 80.4 cm³/mol. The molecule has 8 heteroatoms. The monoisotopic (exact) mass is 318 g/mol. The zero-order valence-electron chi connectivity index (χ0n) is 12.5. The van der Waals surface area contributed by atoms with E-state index in [1.54, 1.807) is 33.5 Å². The Morgan fingerprint density at radius 1 is 1.10 bits per heavy atom. The average Bonchev–Trinajstić information content (AvgIpc) is 2.45. The molecule has 120 valence electrons. The van der Waals surface area contributed by atoms with Crippen LogP contribution in [0.4, 0.5) is 0 Å². The van der Waals surface area contributed by atoms with Crippen LogP contribution < -0.4 is 24.7 Å². The van der Waals surface area contributed by atoms with E-state index in [4.69, 9.17) is 19.3 Å². The minimum Gasteiger partial charge on any atom is -0.496 e. The predicted octanol–water partition coefficient (Wildman–Crippen LogP) is 0.481. The number of sulfonamides is 1. The van der Waals surface area contributed by atoms with E-state index in [1.807, 2.05) is 0 Å². The van der Waals surface area contributed by atoms with Crippen molar-refractivity contribution in [3.8, 4) is 17.2 Å². The van der Waals surface area contributed by atoms with Gasteiger partial charge in [-0.05, 0) is 13.0 Å². The summed E-state index contributed by atoms with van der Waals surface area (Å²) in [6.07, 6.45) is 0.444. The maximum Gasteiger partial charge on any atom is 0.209 e. The van der Waals surface area contributed by atoms with Crippen molar-refractivity contribution < 1.29 is 22.6 Å². The Morgan fingerprint density at radius 3 is 2.10 bits per heavy atom. The first-order chi connectivity index (χ1) is 9.91. The van der Waals surface area contributed by atoms with Crippen LogP contribution in [0.25, 0.3) is 0 Å². The minimum atomic E-state index is -3.41. The highest BCUT2D eigenvalue weighted by Crippen LogP contribution is 2.33. The summed E-state index contributed by atoms with van der Waals surface area (Å²) in [5.41, 5.74) is 0.844. The molecule has 7 nitrogen and oxygen atoms in total. The Labute approximate surface area is 125 Å². The van der Waals surface area contributed by atoms with Gasteiger partial charge in [0, 0.05) is 18.7 Å². The first-order valence-electron chi connectivity index (χ1n) is 6.41. The molecule has 0 bridgehead atoms. The van der Waals surface area contributed by atoms with E-state index in [-0.39, 0.29) is 5.75 Å². The molecule has 0 saturated heterocycles. The standard InChI is InChI=1S/C13H22N2O5S/c1-18-10-7-12(19-2)11(13(8-10)20-3)9-15-5-4-6-21(14,16)17/h7-8,15H,4-6,9H2,1-3H3,(H2,14,16,17). The van der Waals surface area contributed by atoms with Crippen molar-refractivity contribution in [1.29, 1.82) is 0 Å². The van der Waals surface area contributed by atoms with Gasteiger partial charge in [-0.25, -0.2) is 13.6 Å². The van der Waals surface area contributed by atoms with Crippen LogP contribution >= 0.6 is 0 Å². The first-order valence-corrected chi connectivity index (χ1v) is 8.13. The van der Waals surface area contributed by atoms with E-state index in [0.717, 1.165) is 5.56 Å². The number of primary sulfonamides is 1. The van der Waals surface area contributed by atoms with E-state index < -0.39 is 10.0 Å². The number of hydrogen-bond donors (Lipinski definition) is 2. The fourth-order valence-corrected chi connectivity index (χ4v) is 2.41. The van der Waals surface area contributed by atoms with Gasteiger partial charge in [-0.3, -0.25) is 0 Å². The van der Waals surface area contributed by atoms with Crippen molar-refractivity contribution in [2.75, 3.05) is 33.6 Å². The highest BCUT2D eigenvalue weighted by atomic mass is 32.2. The molecular formula is C13H22N2O5S. The number of methoxy groups -OCH3 is 3. The lowest BCUT2D eigenvalue weighted by Crippen LogP contribution is -2.22. The second-order valence-electron chi connectivity index (χ2n) is 4.41. The van der Waals surface area contributed by atoms with Gasteiger partial charge in [-0.15, -0.1) is 0 Å². The molecular weight excluding hydrogens is 296 g/mol. The minimum absolute atomic E-state index is 0.0448. The number of nitrogens with two attached hydrogens (primary N) is 1. The molecule has 0 atom stereocenters. The van der Waals surface area contributed by atoms with Gasteiger partial charge in [0.1, 0.15) is 17.2 Å². The molecule has 1 rings (SSSR count). The van der Waals surface area contributed by atoms with Gasteiger partial charge in [0.25, 0.3) is 0 Å². The Kier molecular flexibility index (Phi) is 6.73. The number of nitrogens with one attached hydrogen (secondary N) is 1. The van der Waals surface area contributed by atoms with Gasteiger partial charge < -0.3 is 19.5 Å². The Hall–Kier alpha value is -1.51. The summed E-state index contributed by atoms with van der Waals surface area (Å²) >= 11 is 0. The summed E-state index contributed by atoms with van der Waals surface area (Å²) in [6, 6.07) is 3.54. The number of benzene rings is 1. The van der Waals surface area contributed by atoms with Crippen LogP contribution in [0, 0.1) is 0 Å². The van der Waals surface area contributed by atoms with Crippen molar-refractivity contribution in [3.05, 3.63) is 17.7 Å². The maximum atomic E-state index is 10.8. The third-order valence-electron chi connectivity index (χ3n) is 2.90. The van der Waals surface area contributed by atoms with E-state index in [2.05, 4.69) is 5.32 Å². The highest BCUT2D eigenvalue weighted by Gasteiger charge is 2.12. The molecule has 1 aromatic rings. The smallest absolute Gasteiger partial charge is 0.209 e. The summed E-state index contributed by atoms with van der Waals surface area (Å²) in [6.45, 7) is 1.01. The van der Waals surface area contributed by atoms with Crippen molar-refractivity contribution in [2.45, 2.75) is 13.0 Å². The average molecular weight is 318 g/mol. The number of hydrogen-bond acceptors (Lipinski definition) is 6. The summed E-state index contributed by atoms with van der Waals surface area (Å²) in [7, 11) is 1.30. The van der Waals surface area contributed by atoms with Gasteiger partial charge in [-0.1, -0.05) is 0 Å². The van der Waals surface area contributed by atoms with Crippen molar-refractivity contribution in [2.24, 2.45) is 5.14 Å². The quantitative estimate of drug-likeness (QED) is 0.642. The first kappa shape index (κ1) is 17.5. The summed E-state index contributed by atoms with van der Waals surface area (Å²) in [4.78, 5) is 0. The molecule has 0 aromatic heterocycles. The van der Waals surface area contributed by atoms with Gasteiger partial charge in [0.2, 0.25) is 10.0 Å². The van der Waals surface area contributed by atoms with Crippen LogP contribution in [-0.4, -0.2) is 42.0 Å². The second kappa shape index (κ2) is 8.06. The van der Waals surface area contributed by atoms with Crippen LogP contribution in [0.5, 0.6) is 17.2 Å². The summed E-state index contributed by atoms with van der Waals surface area (Å²) in [5.74, 6) is 1.88. The molecule has 0 spiro atoms. The van der Waals surface area contributed by atoms with Crippen molar-refractivity contribution >= 4 is 10.0 Å². The zero-order chi connectivity index (χ0) is 15.9. The molecule has 0 heterocycles. The van der Waals surface area contributed by atoms with Gasteiger partial charge in [0.15, 0.2) is 0 Å². The zero-order valence-corrected chi connectivity index (χ0v) is 13.3. The second-order valence-corrected chi connectivity index (χ2v) is 6.14. The van der Waals surface area contributed by atoms with E-state index in [0.29, 0.717) is 36.8 Å². The lowest BCUT2D eigenvalue weighted by molar-refractivity contribution is 0.366. The molecule has 0 radical (unpaired) electrons. The molecule has 0 aliphatic heterocycles. The van der Waals surface area contributed by atoms with E-state index >= 15 is 0 Å². The molecule has 0 aliphatic rings. The molecule has 0 aliphatic carbocycles. The maximum absolute atomic E-state index is 10.8. The summed E-state index contributed by atoms with van der Waals surface area (Å²) in [5, 5.41) is 8.08. The lowest BCUT2D eigenvalue weighted by atomic mass is 10.1. The molecule has 1 aromatic carbocycles. The third kappa shape index (κ3) is 5.78. The van der Waals surface area contributed by atoms with E-state index in [9.17, 15) is 8.42 Å². The molecule has 21 heavy (non-hydrogen) atoms. The Bertz CT molecular complexity index is 535. The van der Waals surface area contributed by atoms with Gasteiger partial charge >= 0.3 is 0 Å². The lowest BCUT2D eigenvalue weighted by Gasteiger charge is -2.15. The SMILES string of the molecule is COc1cc(OC)c(CNCCCS(N)(=O)=O)c(OC)c1.